The number of aromatic nitrogens is 6. The van der Waals surface area contributed by atoms with Crippen molar-refractivity contribution in [2.45, 2.75) is 26.2 Å². The molecular formula is C27H22N8O. The molecule has 0 saturated heterocycles. The zero-order chi connectivity index (χ0) is 25.3. The predicted octanol–water partition coefficient (Wildman–Crippen LogP) is 4.84. The molecule has 2 N–H and O–H groups in total. The summed E-state index contributed by atoms with van der Waals surface area (Å²) in [6, 6.07) is 15.3. The van der Waals surface area contributed by atoms with E-state index in [2.05, 4.69) is 41.5 Å². The number of anilines is 1. The fourth-order valence-corrected chi connectivity index (χ4v) is 3.90. The van der Waals surface area contributed by atoms with Crippen LogP contribution < -0.4 is 5.32 Å². The number of H-pyrrole nitrogens is 1. The number of aromatic amines is 1. The Labute approximate surface area is 207 Å². The molecule has 36 heavy (non-hydrogen) atoms. The smallest absolute Gasteiger partial charge is 0.255 e. The Morgan fingerprint density at radius 3 is 2.69 bits per heavy atom. The Morgan fingerprint density at radius 2 is 1.86 bits per heavy atom. The average Bonchev–Trinajstić information content (AvgIpc) is 3.39. The van der Waals surface area contributed by atoms with Crippen molar-refractivity contribution >= 4 is 22.6 Å². The number of carbonyl (C=O) groups excluding carboxylic acids is 1. The van der Waals surface area contributed by atoms with E-state index in [1.807, 2.05) is 37.3 Å². The number of fused-ring (bicyclic) bond motifs is 1. The molecular weight excluding hydrogens is 452 g/mol. The molecule has 5 aromatic rings. The van der Waals surface area contributed by atoms with Crippen LogP contribution in [0.15, 0.2) is 67.4 Å². The van der Waals surface area contributed by atoms with Crippen molar-refractivity contribution < 1.29 is 4.79 Å². The third-order valence-corrected chi connectivity index (χ3v) is 5.98. The third kappa shape index (κ3) is 4.28. The van der Waals surface area contributed by atoms with E-state index >= 15 is 0 Å². The topological polar surface area (TPSA) is 133 Å². The molecule has 0 aliphatic rings. The van der Waals surface area contributed by atoms with Gasteiger partial charge in [0.15, 0.2) is 5.65 Å². The fourth-order valence-electron chi connectivity index (χ4n) is 3.90. The van der Waals surface area contributed by atoms with E-state index in [1.54, 1.807) is 38.4 Å². The maximum Gasteiger partial charge on any atom is 0.255 e. The molecule has 0 fully saturated rings. The molecule has 4 heterocycles. The molecule has 9 heteroatoms. The van der Waals surface area contributed by atoms with Crippen molar-refractivity contribution in [3.05, 3.63) is 84.3 Å². The van der Waals surface area contributed by atoms with Gasteiger partial charge in [0.2, 0.25) is 0 Å². The standard InChI is InChI=1S/C27H22N8O/c1-16-21(17-5-4-6-18(9-17)24-22-13-33-35-25(22)32-15-31-24)11-20(12-30-16)34-26(36)19-7-8-29-23(10-19)27(2,3)14-28/h4-13,15H,1-3H3,(H,34,36)(H,31,32,33,35). The van der Waals surface area contributed by atoms with Crippen LogP contribution in [0.3, 0.4) is 0 Å². The quantitative estimate of drug-likeness (QED) is 0.372. The zero-order valence-electron chi connectivity index (χ0n) is 19.9. The summed E-state index contributed by atoms with van der Waals surface area (Å²) >= 11 is 0. The first-order valence-electron chi connectivity index (χ1n) is 11.3. The van der Waals surface area contributed by atoms with Gasteiger partial charge in [-0.1, -0.05) is 18.2 Å². The van der Waals surface area contributed by atoms with Crippen molar-refractivity contribution in [2.24, 2.45) is 0 Å². The molecule has 5 rings (SSSR count). The summed E-state index contributed by atoms with van der Waals surface area (Å²) in [7, 11) is 0. The lowest BCUT2D eigenvalue weighted by Gasteiger charge is -2.15. The molecule has 0 radical (unpaired) electrons. The molecule has 0 spiro atoms. The molecule has 0 atom stereocenters. The molecule has 0 aliphatic heterocycles. The summed E-state index contributed by atoms with van der Waals surface area (Å²) in [6.45, 7) is 5.45. The lowest BCUT2D eigenvalue weighted by Crippen LogP contribution is -2.18. The van der Waals surface area contributed by atoms with Crippen LogP contribution in [0.4, 0.5) is 5.69 Å². The Kier molecular flexibility index (Phi) is 5.70. The number of amides is 1. The van der Waals surface area contributed by atoms with Gasteiger partial charge >= 0.3 is 0 Å². The Bertz CT molecular complexity index is 1650. The summed E-state index contributed by atoms with van der Waals surface area (Å²) in [5.74, 6) is -0.305. The second kappa shape index (κ2) is 9.00. The average molecular weight is 475 g/mol. The van der Waals surface area contributed by atoms with Gasteiger partial charge in [-0.3, -0.25) is 19.9 Å². The van der Waals surface area contributed by atoms with Crippen molar-refractivity contribution in [1.29, 1.82) is 5.26 Å². The number of nitrogens with zero attached hydrogens (tertiary/aromatic N) is 6. The van der Waals surface area contributed by atoms with E-state index < -0.39 is 5.41 Å². The number of nitrogens with one attached hydrogen (secondary N) is 2. The lowest BCUT2D eigenvalue weighted by molar-refractivity contribution is 0.102. The van der Waals surface area contributed by atoms with Gasteiger partial charge in [-0.15, -0.1) is 0 Å². The van der Waals surface area contributed by atoms with Crippen LogP contribution in [-0.2, 0) is 5.41 Å². The first-order chi connectivity index (χ1) is 17.4. The molecule has 4 aromatic heterocycles. The van der Waals surface area contributed by atoms with Gasteiger partial charge < -0.3 is 5.32 Å². The SMILES string of the molecule is Cc1ncc(NC(=O)c2ccnc(C(C)(C)C#N)c2)cc1-c1cccc(-c2ncnc3[nH]ncc23)c1. The van der Waals surface area contributed by atoms with Crippen LogP contribution in [-0.4, -0.2) is 36.0 Å². The van der Waals surface area contributed by atoms with Crippen molar-refractivity contribution in [1.82, 2.24) is 30.1 Å². The lowest BCUT2D eigenvalue weighted by atomic mass is 9.90. The van der Waals surface area contributed by atoms with Crippen LogP contribution in [0.5, 0.6) is 0 Å². The van der Waals surface area contributed by atoms with E-state index in [4.69, 9.17) is 0 Å². The number of pyridine rings is 2. The highest BCUT2D eigenvalue weighted by Crippen LogP contribution is 2.31. The van der Waals surface area contributed by atoms with Gasteiger partial charge in [0.25, 0.3) is 5.91 Å². The summed E-state index contributed by atoms with van der Waals surface area (Å²) in [6.07, 6.45) is 6.38. The fraction of sp³-hybridized carbons (Fsp3) is 0.148. The maximum absolute atomic E-state index is 13.0. The number of benzene rings is 1. The van der Waals surface area contributed by atoms with Crippen LogP contribution in [0.25, 0.3) is 33.4 Å². The van der Waals surface area contributed by atoms with Gasteiger partial charge in [-0.2, -0.15) is 10.4 Å². The number of nitriles is 1. The van der Waals surface area contributed by atoms with E-state index in [0.717, 1.165) is 33.5 Å². The second-order valence-electron chi connectivity index (χ2n) is 8.91. The largest absolute Gasteiger partial charge is 0.321 e. The first kappa shape index (κ1) is 22.8. The summed E-state index contributed by atoms with van der Waals surface area (Å²) < 4.78 is 0. The number of hydrogen-bond donors (Lipinski definition) is 2. The van der Waals surface area contributed by atoms with Gasteiger partial charge in [0, 0.05) is 28.6 Å². The van der Waals surface area contributed by atoms with Gasteiger partial charge in [-0.25, -0.2) is 9.97 Å². The van der Waals surface area contributed by atoms with Crippen molar-refractivity contribution in [3.63, 3.8) is 0 Å². The van der Waals surface area contributed by atoms with Crippen molar-refractivity contribution in [3.8, 4) is 28.5 Å². The molecule has 1 aromatic carbocycles. The molecule has 0 bridgehead atoms. The monoisotopic (exact) mass is 474 g/mol. The summed E-state index contributed by atoms with van der Waals surface area (Å²) in [4.78, 5) is 30.4. The van der Waals surface area contributed by atoms with E-state index in [0.29, 0.717) is 22.6 Å². The number of hydrogen-bond acceptors (Lipinski definition) is 7. The first-order valence-corrected chi connectivity index (χ1v) is 11.3. The maximum atomic E-state index is 13.0. The number of rotatable bonds is 5. The van der Waals surface area contributed by atoms with Crippen LogP contribution in [0.2, 0.25) is 0 Å². The number of carbonyl (C=O) groups is 1. The van der Waals surface area contributed by atoms with Gasteiger partial charge in [0.1, 0.15) is 6.33 Å². The predicted molar refractivity (Wildman–Crippen MR) is 136 cm³/mol. The normalized spacial score (nSPS) is 11.3. The van der Waals surface area contributed by atoms with E-state index in [-0.39, 0.29) is 5.91 Å². The summed E-state index contributed by atoms with van der Waals surface area (Å²) in [5, 5.41) is 20.1. The van der Waals surface area contributed by atoms with Crippen LogP contribution in [0.1, 0.15) is 35.6 Å². The van der Waals surface area contributed by atoms with E-state index in [1.165, 1.54) is 12.5 Å². The molecule has 0 unspecified atom stereocenters. The Balaban J connectivity index is 1.46. The molecule has 0 saturated carbocycles. The summed E-state index contributed by atoms with van der Waals surface area (Å²) in [5.41, 5.74) is 5.72. The van der Waals surface area contributed by atoms with Crippen LogP contribution in [0, 0.1) is 18.3 Å². The van der Waals surface area contributed by atoms with Gasteiger partial charge in [-0.05, 0) is 50.6 Å². The van der Waals surface area contributed by atoms with Crippen molar-refractivity contribution in [2.75, 3.05) is 5.32 Å². The number of aryl methyl sites for hydroxylation is 1. The highest BCUT2D eigenvalue weighted by Gasteiger charge is 2.22. The Hall–Kier alpha value is -4.97. The van der Waals surface area contributed by atoms with Crippen LogP contribution >= 0.6 is 0 Å². The molecule has 0 aliphatic carbocycles. The molecule has 9 nitrogen and oxygen atoms in total. The minimum absolute atomic E-state index is 0.305. The second-order valence-corrected chi connectivity index (χ2v) is 8.91. The van der Waals surface area contributed by atoms with E-state index in [9.17, 15) is 10.1 Å². The van der Waals surface area contributed by atoms with Gasteiger partial charge in [0.05, 0.1) is 46.3 Å². The Morgan fingerprint density at radius 1 is 1.03 bits per heavy atom. The highest BCUT2D eigenvalue weighted by atomic mass is 16.1. The molecule has 1 amide bonds. The minimum atomic E-state index is -0.800. The minimum Gasteiger partial charge on any atom is -0.321 e. The molecule has 176 valence electrons. The third-order valence-electron chi connectivity index (χ3n) is 5.98. The zero-order valence-corrected chi connectivity index (χ0v) is 19.9. The highest BCUT2D eigenvalue weighted by molar-refractivity contribution is 6.04.